The van der Waals surface area contributed by atoms with Gasteiger partial charge in [0.25, 0.3) is 0 Å². The van der Waals surface area contributed by atoms with Crippen molar-refractivity contribution in [3.63, 3.8) is 0 Å². The van der Waals surface area contributed by atoms with Crippen molar-refractivity contribution in [2.45, 2.75) is 6.54 Å². The third-order valence-corrected chi connectivity index (χ3v) is 5.37. The molecular formula is C17H19FN3OP. The predicted molar refractivity (Wildman–Crippen MR) is 93.5 cm³/mol. The van der Waals surface area contributed by atoms with Crippen molar-refractivity contribution in [2.75, 3.05) is 18.6 Å². The maximum absolute atomic E-state index is 13.8. The van der Waals surface area contributed by atoms with Gasteiger partial charge in [-0.15, -0.1) is 0 Å². The third kappa shape index (κ3) is 3.15. The molecule has 0 radical (unpaired) electrons. The van der Waals surface area contributed by atoms with Gasteiger partial charge in [0, 0.05) is 18.9 Å². The molecule has 0 fully saturated rings. The van der Waals surface area contributed by atoms with E-state index in [1.54, 1.807) is 19.4 Å². The summed E-state index contributed by atoms with van der Waals surface area (Å²) in [7, 11) is -0.431. The first-order chi connectivity index (χ1) is 10.9. The van der Waals surface area contributed by atoms with E-state index in [9.17, 15) is 8.96 Å². The summed E-state index contributed by atoms with van der Waals surface area (Å²) in [6, 6.07) is 12.6. The minimum atomic E-state index is -2.28. The number of hydrogen-bond donors (Lipinski definition) is 1. The zero-order chi connectivity index (χ0) is 16.6. The van der Waals surface area contributed by atoms with Crippen molar-refractivity contribution in [3.05, 3.63) is 53.8 Å². The Kier molecular flexibility index (Phi) is 3.99. The van der Waals surface area contributed by atoms with Gasteiger partial charge in [0.2, 0.25) is 5.95 Å². The lowest BCUT2D eigenvalue weighted by Gasteiger charge is -2.10. The molecule has 0 saturated carbocycles. The van der Waals surface area contributed by atoms with Gasteiger partial charge in [-0.25, -0.2) is 9.37 Å². The van der Waals surface area contributed by atoms with Crippen molar-refractivity contribution >= 4 is 29.4 Å². The highest BCUT2D eigenvalue weighted by molar-refractivity contribution is 7.70. The summed E-state index contributed by atoms with van der Waals surface area (Å²) in [5.74, 6) is 0.276. The zero-order valence-electron chi connectivity index (χ0n) is 13.4. The molecule has 1 aromatic heterocycles. The Bertz CT molecular complexity index is 913. The molecular weight excluding hydrogens is 312 g/mol. The van der Waals surface area contributed by atoms with E-state index in [0.717, 1.165) is 16.4 Å². The van der Waals surface area contributed by atoms with E-state index in [-0.39, 0.29) is 5.82 Å². The molecule has 0 bridgehead atoms. The number of nitrogens with one attached hydrogen (secondary N) is 1. The Hall–Kier alpha value is -2.13. The summed E-state index contributed by atoms with van der Waals surface area (Å²) >= 11 is 0. The zero-order valence-corrected chi connectivity index (χ0v) is 14.3. The van der Waals surface area contributed by atoms with Gasteiger partial charge in [-0.05, 0) is 37.1 Å². The summed E-state index contributed by atoms with van der Waals surface area (Å²) < 4.78 is 27.8. The fraction of sp³-hybridized carbons (Fsp3) is 0.235. The Morgan fingerprint density at radius 2 is 1.96 bits per heavy atom. The van der Waals surface area contributed by atoms with Crippen molar-refractivity contribution < 1.29 is 8.96 Å². The third-order valence-electron chi connectivity index (χ3n) is 3.85. The van der Waals surface area contributed by atoms with E-state index in [1.807, 2.05) is 41.9 Å². The molecule has 2 aromatic carbocycles. The fourth-order valence-corrected chi connectivity index (χ4v) is 3.44. The van der Waals surface area contributed by atoms with Gasteiger partial charge in [0.05, 0.1) is 5.52 Å². The first-order valence-electron chi connectivity index (χ1n) is 7.35. The standard InChI is InChI=1S/C17H19FN3OP/c1-21-15-9-5-8-14(18)16(15)20-17(21)19-11-12-6-4-7-13(10-12)23(2,3)22/h4-10H,11H2,1-3H3,(H,19,20). The van der Waals surface area contributed by atoms with Gasteiger partial charge < -0.3 is 14.4 Å². The molecule has 23 heavy (non-hydrogen) atoms. The van der Waals surface area contributed by atoms with Crippen molar-refractivity contribution in [1.29, 1.82) is 0 Å². The lowest BCUT2D eigenvalue weighted by molar-refractivity contribution is 0.588. The number of aromatic nitrogens is 2. The minimum absolute atomic E-state index is 0.328. The topological polar surface area (TPSA) is 46.9 Å². The van der Waals surface area contributed by atoms with E-state index in [1.165, 1.54) is 6.07 Å². The van der Waals surface area contributed by atoms with E-state index < -0.39 is 7.14 Å². The van der Waals surface area contributed by atoms with Crippen LogP contribution in [0.25, 0.3) is 11.0 Å². The molecule has 0 aliphatic heterocycles. The van der Waals surface area contributed by atoms with Gasteiger partial charge in [-0.3, -0.25) is 0 Å². The van der Waals surface area contributed by atoms with Crippen LogP contribution in [0.5, 0.6) is 0 Å². The van der Waals surface area contributed by atoms with E-state index in [2.05, 4.69) is 10.3 Å². The molecule has 0 saturated heterocycles. The fourth-order valence-electron chi connectivity index (χ4n) is 2.52. The van der Waals surface area contributed by atoms with E-state index >= 15 is 0 Å². The highest BCUT2D eigenvalue weighted by Crippen LogP contribution is 2.34. The first kappa shape index (κ1) is 15.8. The molecule has 0 aliphatic carbocycles. The molecule has 120 valence electrons. The number of nitrogens with zero attached hydrogens (tertiary/aromatic N) is 2. The van der Waals surface area contributed by atoms with Crippen LogP contribution < -0.4 is 10.6 Å². The maximum atomic E-state index is 13.8. The number of aryl methyl sites for hydroxylation is 1. The smallest absolute Gasteiger partial charge is 0.203 e. The molecule has 0 aliphatic rings. The van der Waals surface area contributed by atoms with Crippen molar-refractivity contribution in [1.82, 2.24) is 9.55 Å². The summed E-state index contributed by atoms with van der Waals surface area (Å²) in [4.78, 5) is 4.32. The van der Waals surface area contributed by atoms with Gasteiger partial charge in [0.15, 0.2) is 5.82 Å². The van der Waals surface area contributed by atoms with E-state index in [4.69, 9.17) is 0 Å². The molecule has 4 nitrogen and oxygen atoms in total. The van der Waals surface area contributed by atoms with Crippen molar-refractivity contribution in [3.8, 4) is 0 Å². The van der Waals surface area contributed by atoms with Gasteiger partial charge in [0.1, 0.15) is 12.7 Å². The number of imidazole rings is 1. The number of anilines is 1. The van der Waals surface area contributed by atoms with Crippen LogP contribution in [-0.4, -0.2) is 22.9 Å². The second kappa shape index (κ2) is 5.82. The number of hydrogen-bond acceptors (Lipinski definition) is 3. The lowest BCUT2D eigenvalue weighted by atomic mass is 10.2. The van der Waals surface area contributed by atoms with Gasteiger partial charge in [-0.2, -0.15) is 0 Å². The second-order valence-electron chi connectivity index (χ2n) is 5.98. The molecule has 1 N–H and O–H groups in total. The lowest BCUT2D eigenvalue weighted by Crippen LogP contribution is -2.08. The summed E-state index contributed by atoms with van der Waals surface area (Å²) in [6.07, 6.45) is 0. The highest BCUT2D eigenvalue weighted by Gasteiger charge is 2.13. The predicted octanol–water partition coefficient (Wildman–Crippen LogP) is 3.57. The summed E-state index contributed by atoms with van der Waals surface area (Å²) in [5, 5.41) is 4.07. The van der Waals surface area contributed by atoms with Crippen LogP contribution in [0.3, 0.4) is 0 Å². The Morgan fingerprint density at radius 1 is 1.22 bits per heavy atom. The van der Waals surface area contributed by atoms with Crippen LogP contribution >= 0.6 is 7.14 Å². The largest absolute Gasteiger partial charge is 0.352 e. The monoisotopic (exact) mass is 331 g/mol. The average molecular weight is 331 g/mol. The summed E-state index contributed by atoms with van der Waals surface area (Å²) in [5.41, 5.74) is 2.12. The van der Waals surface area contributed by atoms with Crippen LogP contribution in [0.2, 0.25) is 0 Å². The van der Waals surface area contributed by atoms with Gasteiger partial charge in [-0.1, -0.05) is 24.3 Å². The Labute approximate surface area is 134 Å². The molecule has 1 heterocycles. The SMILES string of the molecule is Cn1c(NCc2cccc(P(C)(C)=O)c2)nc2c(F)cccc21. The quantitative estimate of drug-likeness (QED) is 0.744. The molecule has 0 atom stereocenters. The van der Waals surface area contributed by atoms with Crippen LogP contribution in [-0.2, 0) is 18.2 Å². The van der Waals surface area contributed by atoms with Crippen LogP contribution in [0.15, 0.2) is 42.5 Å². The Morgan fingerprint density at radius 3 is 2.65 bits per heavy atom. The first-order valence-corrected chi connectivity index (χ1v) is 9.95. The molecule has 6 heteroatoms. The van der Waals surface area contributed by atoms with Crippen LogP contribution in [0, 0.1) is 5.82 Å². The molecule has 3 aromatic rings. The van der Waals surface area contributed by atoms with Crippen LogP contribution in [0.1, 0.15) is 5.56 Å². The minimum Gasteiger partial charge on any atom is -0.352 e. The van der Waals surface area contributed by atoms with E-state index in [0.29, 0.717) is 18.0 Å². The second-order valence-corrected chi connectivity index (χ2v) is 9.19. The highest BCUT2D eigenvalue weighted by atomic mass is 31.2. The average Bonchev–Trinajstić information content (AvgIpc) is 2.83. The summed E-state index contributed by atoms with van der Waals surface area (Å²) in [6.45, 7) is 4.05. The van der Waals surface area contributed by atoms with Crippen molar-refractivity contribution in [2.24, 2.45) is 7.05 Å². The molecule has 0 unspecified atom stereocenters. The molecule has 0 amide bonds. The maximum Gasteiger partial charge on any atom is 0.203 e. The molecule has 0 spiro atoms. The number of halogens is 1. The Balaban J connectivity index is 1.85. The molecule has 3 rings (SSSR count). The van der Waals surface area contributed by atoms with Crippen LogP contribution in [0.4, 0.5) is 10.3 Å². The van der Waals surface area contributed by atoms with Gasteiger partial charge >= 0.3 is 0 Å². The number of rotatable bonds is 4. The number of fused-ring (bicyclic) bond motifs is 1. The normalized spacial score (nSPS) is 11.8. The number of para-hydroxylation sites is 1. The number of benzene rings is 2.